The van der Waals surface area contributed by atoms with Crippen LogP contribution in [0, 0.1) is 13.8 Å². The number of hydrogen-bond acceptors (Lipinski definition) is 1. The summed E-state index contributed by atoms with van der Waals surface area (Å²) in [5.74, 6) is 0. The molecule has 8 rings (SSSR count). The first kappa shape index (κ1) is 22.9. The molecule has 2 heterocycles. The molecule has 0 saturated carbocycles. The molecule has 0 aliphatic heterocycles. The molecule has 2 heteroatoms. The normalized spacial score (nSPS) is 11.8. The van der Waals surface area contributed by atoms with Crippen molar-refractivity contribution in [3.05, 3.63) is 139 Å². The Morgan fingerprint density at radius 1 is 0.475 bits per heavy atom. The number of benzene rings is 6. The molecule has 8 aromatic rings. The van der Waals surface area contributed by atoms with Gasteiger partial charge in [0, 0.05) is 21.5 Å². The highest BCUT2D eigenvalue weighted by molar-refractivity contribution is 6.13. The molecule has 0 amide bonds. The summed E-state index contributed by atoms with van der Waals surface area (Å²) in [6.45, 7) is 4.38. The lowest BCUT2D eigenvalue weighted by atomic mass is 9.92. The number of fused-ring (bicyclic) bond motifs is 6. The topological polar surface area (TPSA) is 18.1 Å². The van der Waals surface area contributed by atoms with Crippen LogP contribution in [-0.4, -0.2) is 4.57 Å². The maximum atomic E-state index is 6.45. The number of para-hydroxylation sites is 3. The van der Waals surface area contributed by atoms with Gasteiger partial charge in [-0.15, -0.1) is 0 Å². The van der Waals surface area contributed by atoms with E-state index in [2.05, 4.69) is 134 Å². The fraction of sp³-hybridized carbons (Fsp3) is 0.0526. The van der Waals surface area contributed by atoms with Crippen LogP contribution in [0.1, 0.15) is 11.1 Å². The zero-order chi connectivity index (χ0) is 26.8. The van der Waals surface area contributed by atoms with E-state index in [4.69, 9.17) is 4.42 Å². The lowest BCUT2D eigenvalue weighted by Crippen LogP contribution is -1.94. The molecule has 0 bridgehead atoms. The average molecular weight is 514 g/mol. The molecule has 0 aliphatic rings. The largest absolute Gasteiger partial charge is 0.454 e. The molecule has 6 aromatic carbocycles. The minimum absolute atomic E-state index is 0.914. The van der Waals surface area contributed by atoms with Crippen LogP contribution in [0.2, 0.25) is 0 Å². The molecular weight excluding hydrogens is 486 g/mol. The highest BCUT2D eigenvalue weighted by atomic mass is 16.3. The SMILES string of the molecule is Cc1ccccc1-c1cc(-c2ccc3c(c2)c2ccccc2n3-c2cccc3c2oc2ccccc23)ccc1C. The second-order valence-corrected chi connectivity index (χ2v) is 10.7. The van der Waals surface area contributed by atoms with Crippen molar-refractivity contribution in [2.75, 3.05) is 0 Å². The number of hydrogen-bond donors (Lipinski definition) is 0. The summed E-state index contributed by atoms with van der Waals surface area (Å²) in [5.41, 5.74) is 12.8. The molecular formula is C38H27NO. The third-order valence-electron chi connectivity index (χ3n) is 8.30. The van der Waals surface area contributed by atoms with E-state index in [1.807, 2.05) is 12.1 Å². The van der Waals surface area contributed by atoms with E-state index in [0.717, 1.165) is 27.6 Å². The standard InChI is InChI=1S/C38H27NO/c1-24-10-3-4-11-28(24)32-22-26(19-18-25(32)2)27-20-21-35-33(23-27)29-12-5-7-15-34(29)39(35)36-16-9-14-31-30-13-6-8-17-37(30)40-38(31)36/h3-23H,1-2H3. The van der Waals surface area contributed by atoms with Crippen molar-refractivity contribution >= 4 is 43.7 Å². The van der Waals surface area contributed by atoms with Crippen LogP contribution < -0.4 is 0 Å². The minimum atomic E-state index is 0.914. The summed E-state index contributed by atoms with van der Waals surface area (Å²) >= 11 is 0. The first-order chi connectivity index (χ1) is 19.7. The maximum absolute atomic E-state index is 6.45. The van der Waals surface area contributed by atoms with Crippen molar-refractivity contribution in [3.63, 3.8) is 0 Å². The molecule has 0 atom stereocenters. The average Bonchev–Trinajstić information content (AvgIpc) is 3.53. The Hall–Kier alpha value is -5.08. The highest BCUT2D eigenvalue weighted by Crippen LogP contribution is 2.39. The summed E-state index contributed by atoms with van der Waals surface area (Å²) in [6.07, 6.45) is 0. The molecule has 0 radical (unpaired) electrons. The molecule has 2 nitrogen and oxygen atoms in total. The summed E-state index contributed by atoms with van der Waals surface area (Å²) in [4.78, 5) is 0. The van der Waals surface area contributed by atoms with Gasteiger partial charge in [0.25, 0.3) is 0 Å². The van der Waals surface area contributed by atoms with Gasteiger partial charge in [-0.05, 0) is 83.6 Å². The van der Waals surface area contributed by atoms with Gasteiger partial charge in [-0.25, -0.2) is 0 Å². The van der Waals surface area contributed by atoms with E-state index < -0.39 is 0 Å². The van der Waals surface area contributed by atoms with Crippen LogP contribution in [-0.2, 0) is 0 Å². The lowest BCUT2D eigenvalue weighted by Gasteiger charge is -2.12. The molecule has 2 aromatic heterocycles. The van der Waals surface area contributed by atoms with Crippen LogP contribution in [0.3, 0.4) is 0 Å². The van der Waals surface area contributed by atoms with Crippen molar-refractivity contribution < 1.29 is 4.42 Å². The third-order valence-corrected chi connectivity index (χ3v) is 8.30. The number of nitrogens with zero attached hydrogens (tertiary/aromatic N) is 1. The second-order valence-electron chi connectivity index (χ2n) is 10.7. The Labute approximate surface area is 232 Å². The number of rotatable bonds is 3. The van der Waals surface area contributed by atoms with Gasteiger partial charge in [-0.2, -0.15) is 0 Å². The van der Waals surface area contributed by atoms with E-state index in [0.29, 0.717) is 0 Å². The van der Waals surface area contributed by atoms with Gasteiger partial charge in [-0.3, -0.25) is 0 Å². The van der Waals surface area contributed by atoms with Gasteiger partial charge in [0.05, 0.1) is 16.7 Å². The van der Waals surface area contributed by atoms with Crippen LogP contribution in [0.5, 0.6) is 0 Å². The van der Waals surface area contributed by atoms with Crippen molar-refractivity contribution in [1.82, 2.24) is 4.57 Å². The van der Waals surface area contributed by atoms with E-state index in [-0.39, 0.29) is 0 Å². The number of aromatic nitrogens is 1. The van der Waals surface area contributed by atoms with Gasteiger partial charge in [0.2, 0.25) is 0 Å². The Morgan fingerprint density at radius 3 is 2.05 bits per heavy atom. The van der Waals surface area contributed by atoms with E-state index in [1.54, 1.807) is 0 Å². The zero-order valence-electron chi connectivity index (χ0n) is 22.5. The van der Waals surface area contributed by atoms with E-state index in [1.165, 1.54) is 55.2 Å². The Morgan fingerprint density at radius 2 is 1.15 bits per heavy atom. The van der Waals surface area contributed by atoms with E-state index in [9.17, 15) is 0 Å². The minimum Gasteiger partial charge on any atom is -0.454 e. The fourth-order valence-electron chi connectivity index (χ4n) is 6.29. The van der Waals surface area contributed by atoms with Crippen molar-refractivity contribution in [1.29, 1.82) is 0 Å². The van der Waals surface area contributed by atoms with Crippen molar-refractivity contribution in [2.24, 2.45) is 0 Å². The Kier molecular flexibility index (Phi) is 4.99. The zero-order valence-corrected chi connectivity index (χ0v) is 22.5. The predicted molar refractivity (Wildman–Crippen MR) is 168 cm³/mol. The monoisotopic (exact) mass is 513 g/mol. The molecule has 0 N–H and O–H groups in total. The van der Waals surface area contributed by atoms with Crippen molar-refractivity contribution in [2.45, 2.75) is 13.8 Å². The number of furan rings is 1. The van der Waals surface area contributed by atoms with Crippen LogP contribution in [0.4, 0.5) is 0 Å². The Balaban J connectivity index is 1.36. The molecule has 0 spiro atoms. The quantitative estimate of drug-likeness (QED) is 0.230. The smallest absolute Gasteiger partial charge is 0.159 e. The molecule has 190 valence electrons. The van der Waals surface area contributed by atoms with Gasteiger partial charge in [0.15, 0.2) is 5.58 Å². The van der Waals surface area contributed by atoms with Gasteiger partial charge < -0.3 is 8.98 Å². The molecule has 40 heavy (non-hydrogen) atoms. The first-order valence-corrected chi connectivity index (χ1v) is 13.8. The highest BCUT2D eigenvalue weighted by Gasteiger charge is 2.18. The first-order valence-electron chi connectivity index (χ1n) is 13.8. The van der Waals surface area contributed by atoms with Gasteiger partial charge in [-0.1, -0.05) is 91.0 Å². The van der Waals surface area contributed by atoms with Crippen LogP contribution >= 0.6 is 0 Å². The summed E-state index contributed by atoms with van der Waals surface area (Å²) < 4.78 is 8.81. The van der Waals surface area contributed by atoms with Crippen molar-refractivity contribution in [3.8, 4) is 27.9 Å². The lowest BCUT2D eigenvalue weighted by molar-refractivity contribution is 0.666. The van der Waals surface area contributed by atoms with Gasteiger partial charge >= 0.3 is 0 Å². The molecule has 0 aliphatic carbocycles. The summed E-state index contributed by atoms with van der Waals surface area (Å²) in [7, 11) is 0. The van der Waals surface area contributed by atoms with Crippen LogP contribution in [0.25, 0.3) is 71.7 Å². The van der Waals surface area contributed by atoms with E-state index >= 15 is 0 Å². The number of aryl methyl sites for hydroxylation is 2. The molecule has 0 saturated heterocycles. The Bertz CT molecular complexity index is 2240. The third kappa shape index (κ3) is 3.36. The summed E-state index contributed by atoms with van der Waals surface area (Å²) in [6, 6.07) is 45.7. The van der Waals surface area contributed by atoms with Crippen LogP contribution in [0.15, 0.2) is 132 Å². The summed E-state index contributed by atoms with van der Waals surface area (Å²) in [5, 5.41) is 4.75. The fourth-order valence-corrected chi connectivity index (χ4v) is 6.29. The molecule has 0 fully saturated rings. The van der Waals surface area contributed by atoms with Gasteiger partial charge in [0.1, 0.15) is 5.58 Å². The predicted octanol–water partition coefficient (Wildman–Crippen LogP) is 10.6. The molecule has 0 unspecified atom stereocenters. The maximum Gasteiger partial charge on any atom is 0.159 e. The second kappa shape index (κ2) is 8.72.